The van der Waals surface area contributed by atoms with Crippen LogP contribution >= 0.6 is 11.6 Å². The molecule has 1 aliphatic rings. The van der Waals surface area contributed by atoms with Crippen molar-refractivity contribution in [3.8, 4) is 11.8 Å². The Bertz CT molecular complexity index is 418. The lowest BCUT2D eigenvalue weighted by atomic mass is 9.65. The van der Waals surface area contributed by atoms with Gasteiger partial charge in [-0.15, -0.1) is 0 Å². The van der Waals surface area contributed by atoms with E-state index < -0.39 is 0 Å². The second kappa shape index (κ2) is 3.75. The summed E-state index contributed by atoms with van der Waals surface area (Å²) in [5, 5.41) is 9.83. The van der Waals surface area contributed by atoms with Crippen molar-refractivity contribution < 1.29 is 4.74 Å². The Kier molecular flexibility index (Phi) is 2.58. The Hall–Kier alpha value is -1.20. The molecule has 0 aromatic heterocycles. The molecule has 0 spiro atoms. The molecule has 3 heteroatoms. The summed E-state index contributed by atoms with van der Waals surface area (Å²) in [5.41, 5.74) is 0.572. The molecule has 0 bridgehead atoms. The van der Waals surface area contributed by atoms with Crippen molar-refractivity contribution >= 4 is 11.6 Å². The third-order valence-electron chi connectivity index (χ3n) is 3.11. The first-order valence-corrected chi connectivity index (χ1v) is 5.35. The highest BCUT2D eigenvalue weighted by Gasteiger charge is 2.41. The van der Waals surface area contributed by atoms with Gasteiger partial charge in [0.15, 0.2) is 0 Å². The zero-order chi connectivity index (χ0) is 10.9. The maximum atomic E-state index is 9.25. The molecule has 0 amide bonds. The molecular formula is C12H12ClNO. The van der Waals surface area contributed by atoms with E-state index in [1.807, 2.05) is 12.1 Å². The minimum atomic E-state index is -0.365. The van der Waals surface area contributed by atoms with Gasteiger partial charge in [-0.1, -0.05) is 23.7 Å². The fourth-order valence-electron chi connectivity index (χ4n) is 2.06. The predicted octanol–water partition coefficient (Wildman–Crippen LogP) is 3.29. The zero-order valence-corrected chi connectivity index (χ0v) is 9.34. The van der Waals surface area contributed by atoms with E-state index in [2.05, 4.69) is 6.07 Å². The third kappa shape index (κ3) is 1.48. The number of halogens is 1. The molecule has 0 heterocycles. The SMILES string of the molecule is COc1c(Cl)cccc1C1(C#N)CCC1. The second-order valence-electron chi connectivity index (χ2n) is 3.87. The maximum absolute atomic E-state index is 9.25. The van der Waals surface area contributed by atoms with Gasteiger partial charge in [-0.05, 0) is 25.3 Å². The molecule has 78 valence electrons. The Morgan fingerprint density at radius 1 is 1.47 bits per heavy atom. The fourth-order valence-corrected chi connectivity index (χ4v) is 2.32. The van der Waals surface area contributed by atoms with Gasteiger partial charge in [0.1, 0.15) is 5.75 Å². The van der Waals surface area contributed by atoms with Crippen molar-refractivity contribution in [1.82, 2.24) is 0 Å². The lowest BCUT2D eigenvalue weighted by Crippen LogP contribution is -2.32. The van der Waals surface area contributed by atoms with E-state index in [-0.39, 0.29) is 5.41 Å². The summed E-state index contributed by atoms with van der Waals surface area (Å²) in [5.74, 6) is 0.653. The molecule has 2 nitrogen and oxygen atoms in total. The van der Waals surface area contributed by atoms with Gasteiger partial charge < -0.3 is 4.74 Å². The van der Waals surface area contributed by atoms with E-state index in [0.717, 1.165) is 24.8 Å². The summed E-state index contributed by atoms with van der Waals surface area (Å²) < 4.78 is 5.28. The molecule has 1 fully saturated rings. The molecule has 1 aromatic rings. The van der Waals surface area contributed by atoms with Crippen LogP contribution in [0.1, 0.15) is 24.8 Å². The van der Waals surface area contributed by atoms with Crippen molar-refractivity contribution in [3.63, 3.8) is 0 Å². The average molecular weight is 222 g/mol. The number of nitrogens with zero attached hydrogens (tertiary/aromatic N) is 1. The summed E-state index contributed by atoms with van der Waals surface area (Å²) in [6.07, 6.45) is 2.91. The highest BCUT2D eigenvalue weighted by atomic mass is 35.5. The van der Waals surface area contributed by atoms with Gasteiger partial charge in [-0.25, -0.2) is 0 Å². The maximum Gasteiger partial charge on any atom is 0.142 e. The molecule has 0 atom stereocenters. The summed E-state index contributed by atoms with van der Waals surface area (Å²) >= 11 is 6.04. The summed E-state index contributed by atoms with van der Waals surface area (Å²) in [7, 11) is 1.59. The number of methoxy groups -OCH3 is 1. The molecule has 1 saturated carbocycles. The topological polar surface area (TPSA) is 33.0 Å². The number of ether oxygens (including phenoxy) is 1. The quantitative estimate of drug-likeness (QED) is 0.768. The van der Waals surface area contributed by atoms with Crippen LogP contribution in [0.3, 0.4) is 0 Å². The van der Waals surface area contributed by atoms with Crippen LogP contribution in [0.5, 0.6) is 5.75 Å². The Labute approximate surface area is 94.4 Å². The van der Waals surface area contributed by atoms with E-state index in [1.54, 1.807) is 13.2 Å². The smallest absolute Gasteiger partial charge is 0.142 e. The van der Waals surface area contributed by atoms with Gasteiger partial charge in [0, 0.05) is 5.56 Å². The molecule has 2 rings (SSSR count). The summed E-state index contributed by atoms with van der Waals surface area (Å²) in [6.45, 7) is 0. The molecule has 0 N–H and O–H groups in total. The third-order valence-corrected chi connectivity index (χ3v) is 3.41. The second-order valence-corrected chi connectivity index (χ2v) is 4.28. The Morgan fingerprint density at radius 2 is 2.20 bits per heavy atom. The minimum Gasteiger partial charge on any atom is -0.495 e. The fraction of sp³-hybridized carbons (Fsp3) is 0.417. The van der Waals surface area contributed by atoms with Gasteiger partial charge in [-0.2, -0.15) is 5.26 Å². The number of para-hydroxylation sites is 1. The molecule has 0 aliphatic heterocycles. The molecule has 1 aliphatic carbocycles. The number of benzene rings is 1. The Balaban J connectivity index is 2.53. The van der Waals surface area contributed by atoms with Crippen LogP contribution in [0, 0.1) is 11.3 Å². The van der Waals surface area contributed by atoms with Crippen molar-refractivity contribution in [2.24, 2.45) is 0 Å². The van der Waals surface area contributed by atoms with Crippen molar-refractivity contribution in [1.29, 1.82) is 5.26 Å². The van der Waals surface area contributed by atoms with Crippen LogP contribution in [-0.4, -0.2) is 7.11 Å². The summed E-state index contributed by atoms with van der Waals surface area (Å²) in [6, 6.07) is 7.99. The molecule has 0 saturated heterocycles. The zero-order valence-electron chi connectivity index (χ0n) is 8.59. The first-order valence-electron chi connectivity index (χ1n) is 4.98. The van der Waals surface area contributed by atoms with Crippen molar-refractivity contribution in [2.45, 2.75) is 24.7 Å². The number of hydrogen-bond donors (Lipinski definition) is 0. The molecule has 1 aromatic carbocycles. The van der Waals surface area contributed by atoms with Crippen LogP contribution < -0.4 is 4.74 Å². The molecular weight excluding hydrogens is 210 g/mol. The minimum absolute atomic E-state index is 0.365. The van der Waals surface area contributed by atoms with Crippen molar-refractivity contribution in [3.05, 3.63) is 28.8 Å². The molecule has 15 heavy (non-hydrogen) atoms. The average Bonchev–Trinajstić information content (AvgIpc) is 2.17. The van der Waals surface area contributed by atoms with Gasteiger partial charge >= 0.3 is 0 Å². The number of hydrogen-bond acceptors (Lipinski definition) is 2. The lowest BCUT2D eigenvalue weighted by Gasteiger charge is -2.36. The number of nitriles is 1. The van der Waals surface area contributed by atoms with Crippen molar-refractivity contribution in [2.75, 3.05) is 7.11 Å². The summed E-state index contributed by atoms with van der Waals surface area (Å²) in [4.78, 5) is 0. The van der Waals surface area contributed by atoms with E-state index >= 15 is 0 Å². The van der Waals surface area contributed by atoms with Gasteiger partial charge in [-0.3, -0.25) is 0 Å². The monoisotopic (exact) mass is 221 g/mol. The van der Waals surface area contributed by atoms with E-state index in [9.17, 15) is 5.26 Å². The first kappa shape index (κ1) is 10.3. The highest BCUT2D eigenvalue weighted by molar-refractivity contribution is 6.32. The normalized spacial score (nSPS) is 17.7. The van der Waals surface area contributed by atoms with Crippen LogP contribution in [0.25, 0.3) is 0 Å². The van der Waals surface area contributed by atoms with Gasteiger partial charge in [0.25, 0.3) is 0 Å². The first-order chi connectivity index (χ1) is 7.23. The van der Waals surface area contributed by atoms with E-state index in [0.29, 0.717) is 10.8 Å². The van der Waals surface area contributed by atoms with E-state index in [1.165, 1.54) is 0 Å². The van der Waals surface area contributed by atoms with Gasteiger partial charge in [0.2, 0.25) is 0 Å². The van der Waals surface area contributed by atoms with Crippen LogP contribution in [-0.2, 0) is 5.41 Å². The number of rotatable bonds is 2. The highest BCUT2D eigenvalue weighted by Crippen LogP contribution is 2.48. The van der Waals surface area contributed by atoms with E-state index in [4.69, 9.17) is 16.3 Å². The Morgan fingerprint density at radius 3 is 2.67 bits per heavy atom. The van der Waals surface area contributed by atoms with Gasteiger partial charge in [0.05, 0.1) is 23.6 Å². The van der Waals surface area contributed by atoms with Crippen LogP contribution in [0.2, 0.25) is 5.02 Å². The molecule has 0 unspecified atom stereocenters. The van der Waals surface area contributed by atoms with Crippen LogP contribution in [0.4, 0.5) is 0 Å². The predicted molar refractivity (Wildman–Crippen MR) is 59.1 cm³/mol. The van der Waals surface area contributed by atoms with Crippen LogP contribution in [0.15, 0.2) is 18.2 Å². The molecule has 0 radical (unpaired) electrons. The lowest BCUT2D eigenvalue weighted by molar-refractivity contribution is 0.307. The largest absolute Gasteiger partial charge is 0.495 e. The standard InChI is InChI=1S/C12H12ClNO/c1-15-11-9(4-2-5-10(11)13)12(8-14)6-3-7-12/h2,4-5H,3,6-7H2,1H3.